The fourth-order valence-electron chi connectivity index (χ4n) is 4.28. The second-order valence-corrected chi connectivity index (χ2v) is 9.85. The van der Waals surface area contributed by atoms with E-state index in [1.165, 1.54) is 10.9 Å². The summed E-state index contributed by atoms with van der Waals surface area (Å²) in [6.45, 7) is 0.732. The molecule has 7 nitrogen and oxygen atoms in total. The Balaban J connectivity index is 1.72. The van der Waals surface area contributed by atoms with Gasteiger partial charge in [0.1, 0.15) is 23.1 Å². The number of pyridine rings is 1. The molecular weight excluding hydrogens is 568 g/mol. The maximum Gasteiger partial charge on any atom is 0.316 e. The van der Waals surface area contributed by atoms with E-state index in [9.17, 15) is 9.18 Å². The molecule has 2 amide bonds. The average Bonchev–Trinajstić information content (AvgIpc) is 3.19. The van der Waals surface area contributed by atoms with Gasteiger partial charge in [-0.15, -0.1) is 0 Å². The zero-order chi connectivity index (χ0) is 26.4. The number of nitrogens with one attached hydrogen (secondary N) is 1. The number of nitrogens with two attached hydrogens (primary N) is 1. The molecule has 0 saturated heterocycles. The Morgan fingerprint density at radius 2 is 1.76 bits per heavy atom. The maximum absolute atomic E-state index is 15.5. The Labute approximate surface area is 229 Å². The zero-order valence-corrected chi connectivity index (χ0v) is 21.7. The fourth-order valence-corrected chi connectivity index (χ4v) is 5.34. The SMILES string of the molecule is NC(=O)Nc1cc(F)c(-c2c3c(nn2-c2c(Cl)cccc2Cl)CCN(c2ncc(Cl)cc2Cl)C3)cc1F. The minimum Gasteiger partial charge on any atom is -0.351 e. The van der Waals surface area contributed by atoms with Crippen LogP contribution in [0.5, 0.6) is 0 Å². The second kappa shape index (κ2) is 9.98. The van der Waals surface area contributed by atoms with Crippen LogP contribution < -0.4 is 16.0 Å². The number of carbonyl (C=O) groups excluding carboxylic acids is 1. The molecule has 4 aromatic rings. The normalized spacial score (nSPS) is 13.0. The highest BCUT2D eigenvalue weighted by Gasteiger charge is 2.31. The fraction of sp³-hybridized carbons (Fsp3) is 0.125. The van der Waals surface area contributed by atoms with Crippen molar-refractivity contribution in [3.63, 3.8) is 0 Å². The molecule has 0 aliphatic carbocycles. The summed E-state index contributed by atoms with van der Waals surface area (Å²) in [4.78, 5) is 17.5. The van der Waals surface area contributed by atoms with Gasteiger partial charge in [0.15, 0.2) is 0 Å². The molecule has 2 aromatic heterocycles. The predicted octanol–water partition coefficient (Wildman–Crippen LogP) is 6.88. The highest BCUT2D eigenvalue weighted by atomic mass is 35.5. The van der Waals surface area contributed by atoms with E-state index in [0.29, 0.717) is 45.8 Å². The van der Waals surface area contributed by atoms with Crippen LogP contribution in [-0.2, 0) is 13.0 Å². The lowest BCUT2D eigenvalue weighted by Gasteiger charge is -2.28. The van der Waals surface area contributed by atoms with Crippen LogP contribution in [0, 0.1) is 11.6 Å². The lowest BCUT2D eigenvalue weighted by atomic mass is 9.99. The van der Waals surface area contributed by atoms with Gasteiger partial charge in [-0.05, 0) is 24.3 Å². The first-order chi connectivity index (χ1) is 17.6. The van der Waals surface area contributed by atoms with Crippen LogP contribution in [0.1, 0.15) is 11.3 Å². The number of hydrogen-bond acceptors (Lipinski definition) is 4. The monoisotopic (exact) mass is 582 g/mol. The number of benzene rings is 2. The molecule has 5 rings (SSSR count). The summed E-state index contributed by atoms with van der Waals surface area (Å²) in [5, 5.41) is 8.02. The van der Waals surface area contributed by atoms with Crippen LogP contribution in [-0.4, -0.2) is 27.3 Å². The first-order valence-corrected chi connectivity index (χ1v) is 12.3. The van der Waals surface area contributed by atoms with Gasteiger partial charge in [0.25, 0.3) is 0 Å². The summed E-state index contributed by atoms with van der Waals surface area (Å²) >= 11 is 25.4. The van der Waals surface area contributed by atoms with Crippen LogP contribution in [0.2, 0.25) is 20.1 Å². The van der Waals surface area contributed by atoms with Crippen molar-refractivity contribution in [3.05, 3.63) is 85.6 Å². The third-order valence-electron chi connectivity index (χ3n) is 5.84. The van der Waals surface area contributed by atoms with E-state index in [1.54, 1.807) is 24.3 Å². The Morgan fingerprint density at radius 3 is 2.43 bits per heavy atom. The largest absolute Gasteiger partial charge is 0.351 e. The molecule has 37 heavy (non-hydrogen) atoms. The Kier molecular flexibility index (Phi) is 6.89. The molecule has 13 heteroatoms. The van der Waals surface area contributed by atoms with Gasteiger partial charge in [-0.25, -0.2) is 23.2 Å². The average molecular weight is 584 g/mol. The molecule has 0 saturated carbocycles. The van der Waals surface area contributed by atoms with Crippen LogP contribution in [0.4, 0.5) is 25.1 Å². The van der Waals surface area contributed by atoms with Gasteiger partial charge in [-0.2, -0.15) is 5.10 Å². The molecule has 190 valence electrons. The van der Waals surface area contributed by atoms with Gasteiger partial charge in [-0.1, -0.05) is 52.5 Å². The van der Waals surface area contributed by atoms with Gasteiger partial charge in [0.05, 0.1) is 37.2 Å². The van der Waals surface area contributed by atoms with Gasteiger partial charge in [-0.3, -0.25) is 0 Å². The minimum absolute atomic E-state index is 0.116. The quantitative estimate of drug-likeness (QED) is 0.274. The summed E-state index contributed by atoms with van der Waals surface area (Å²) in [5.41, 5.74) is 6.36. The van der Waals surface area contributed by atoms with E-state index in [1.807, 2.05) is 4.90 Å². The summed E-state index contributed by atoms with van der Waals surface area (Å²) in [6, 6.07) is 7.27. The van der Waals surface area contributed by atoms with E-state index in [0.717, 1.165) is 12.1 Å². The Morgan fingerprint density at radius 1 is 1.03 bits per heavy atom. The van der Waals surface area contributed by atoms with Crippen molar-refractivity contribution in [2.45, 2.75) is 13.0 Å². The number of halogens is 6. The second-order valence-electron chi connectivity index (χ2n) is 8.19. The minimum atomic E-state index is -1.03. The number of carbonyl (C=O) groups is 1. The smallest absolute Gasteiger partial charge is 0.316 e. The van der Waals surface area contributed by atoms with Gasteiger partial charge >= 0.3 is 6.03 Å². The molecule has 3 N–H and O–H groups in total. The van der Waals surface area contributed by atoms with E-state index in [4.69, 9.17) is 57.2 Å². The van der Waals surface area contributed by atoms with E-state index >= 15 is 4.39 Å². The number of anilines is 2. The topological polar surface area (TPSA) is 89.1 Å². The predicted molar refractivity (Wildman–Crippen MR) is 141 cm³/mol. The van der Waals surface area contributed by atoms with Crippen LogP contribution >= 0.6 is 46.4 Å². The maximum atomic E-state index is 15.5. The molecule has 2 aromatic carbocycles. The number of rotatable bonds is 4. The number of aromatic nitrogens is 3. The third kappa shape index (κ3) is 4.80. The molecule has 0 radical (unpaired) electrons. The molecule has 1 aliphatic rings. The van der Waals surface area contributed by atoms with Crippen molar-refractivity contribution < 1.29 is 13.6 Å². The Bertz CT molecular complexity index is 1540. The molecule has 0 spiro atoms. The van der Waals surface area contributed by atoms with Crippen LogP contribution in [0.3, 0.4) is 0 Å². The summed E-state index contributed by atoms with van der Waals surface area (Å²) in [7, 11) is 0. The number of amides is 2. The van der Waals surface area contributed by atoms with Crippen molar-refractivity contribution in [1.82, 2.24) is 14.8 Å². The molecule has 1 aliphatic heterocycles. The van der Waals surface area contributed by atoms with Crippen molar-refractivity contribution in [2.24, 2.45) is 5.73 Å². The number of nitrogens with zero attached hydrogens (tertiary/aromatic N) is 4. The summed E-state index contributed by atoms with van der Waals surface area (Å²) < 4.78 is 31.9. The lowest BCUT2D eigenvalue weighted by molar-refractivity contribution is 0.259. The van der Waals surface area contributed by atoms with Crippen LogP contribution in [0.25, 0.3) is 16.9 Å². The van der Waals surface area contributed by atoms with Crippen molar-refractivity contribution >= 4 is 63.9 Å². The third-order valence-corrected chi connectivity index (χ3v) is 6.94. The van der Waals surface area contributed by atoms with Gasteiger partial charge in [0, 0.05) is 42.9 Å². The summed E-state index contributed by atoms with van der Waals surface area (Å²) in [5.74, 6) is -1.23. The lowest BCUT2D eigenvalue weighted by Crippen LogP contribution is -2.31. The Hall–Kier alpha value is -3.11. The van der Waals surface area contributed by atoms with Crippen molar-refractivity contribution in [3.8, 4) is 16.9 Å². The first-order valence-electron chi connectivity index (χ1n) is 10.8. The van der Waals surface area contributed by atoms with E-state index < -0.39 is 23.4 Å². The standard InChI is InChI=1S/C24H16Cl4F2N6O/c25-11-6-16(28)23(32-9-11)35-5-4-19-13(10-35)21(36(34-19)22-14(26)2-1-3-15(22)27)12-7-18(30)20(8-17(12)29)33-24(31)37/h1-3,6-9H,4-5,10H2,(H3,31,33,37). The molecule has 0 atom stereocenters. The number of hydrogen-bond donors (Lipinski definition) is 2. The number of primary amides is 1. The molecule has 0 unspecified atom stereocenters. The van der Waals surface area contributed by atoms with Crippen molar-refractivity contribution in [1.29, 1.82) is 0 Å². The molecule has 3 heterocycles. The van der Waals surface area contributed by atoms with Gasteiger partial charge < -0.3 is 16.0 Å². The number of fused-ring (bicyclic) bond motifs is 1. The highest BCUT2D eigenvalue weighted by molar-refractivity contribution is 6.38. The molecule has 0 fully saturated rings. The van der Waals surface area contributed by atoms with Gasteiger partial charge in [0.2, 0.25) is 0 Å². The molecule has 0 bridgehead atoms. The number of para-hydroxylation sites is 1. The first kappa shape index (κ1) is 25.5. The van der Waals surface area contributed by atoms with E-state index in [-0.39, 0.29) is 27.8 Å². The van der Waals surface area contributed by atoms with E-state index in [2.05, 4.69) is 10.3 Å². The highest BCUT2D eigenvalue weighted by Crippen LogP contribution is 2.40. The number of urea groups is 1. The summed E-state index contributed by atoms with van der Waals surface area (Å²) in [6.07, 6.45) is 1.93. The van der Waals surface area contributed by atoms with Crippen molar-refractivity contribution in [2.75, 3.05) is 16.8 Å². The zero-order valence-electron chi connectivity index (χ0n) is 18.7. The molecular formula is C24H16Cl4F2N6O. The van der Waals surface area contributed by atoms with Crippen LogP contribution in [0.15, 0.2) is 42.6 Å².